The van der Waals surface area contributed by atoms with E-state index < -0.39 is 0 Å². The van der Waals surface area contributed by atoms with Crippen molar-refractivity contribution in [3.05, 3.63) is 35.4 Å². The third-order valence-electron chi connectivity index (χ3n) is 3.92. The molecule has 0 aliphatic carbocycles. The minimum atomic E-state index is -0.182. The van der Waals surface area contributed by atoms with E-state index in [9.17, 15) is 9.59 Å². The summed E-state index contributed by atoms with van der Waals surface area (Å²) in [5.74, 6) is -0.364. The number of hydrogen-bond donors (Lipinski definition) is 2. The fraction of sp³-hybridized carbons (Fsp3) is 0.500. The highest BCUT2D eigenvalue weighted by molar-refractivity contribution is 6.07. The van der Waals surface area contributed by atoms with Crippen molar-refractivity contribution in [3.8, 4) is 0 Å². The molecule has 6 nitrogen and oxygen atoms in total. The van der Waals surface area contributed by atoms with E-state index in [0.717, 1.165) is 39.3 Å². The van der Waals surface area contributed by atoms with E-state index in [4.69, 9.17) is 0 Å². The van der Waals surface area contributed by atoms with E-state index in [0.29, 0.717) is 24.2 Å². The molecule has 6 heteroatoms. The molecule has 0 spiro atoms. The third-order valence-corrected chi connectivity index (χ3v) is 3.92. The molecular weight excluding hydrogens is 280 g/mol. The molecule has 1 aromatic carbocycles. The summed E-state index contributed by atoms with van der Waals surface area (Å²) in [4.78, 5) is 29.0. The molecule has 0 atom stereocenters. The Labute approximate surface area is 130 Å². The molecule has 0 aromatic heterocycles. The van der Waals surface area contributed by atoms with E-state index in [1.54, 1.807) is 24.3 Å². The number of amides is 2. The van der Waals surface area contributed by atoms with Gasteiger partial charge in [0.15, 0.2) is 0 Å². The minimum Gasteiger partial charge on any atom is -0.351 e. The molecule has 2 saturated heterocycles. The molecule has 1 aromatic rings. The normalized spacial score (nSPS) is 17.1. The van der Waals surface area contributed by atoms with Crippen LogP contribution in [0.5, 0.6) is 0 Å². The topological polar surface area (TPSA) is 64.2 Å². The first-order valence-corrected chi connectivity index (χ1v) is 7.84. The molecule has 2 amide bonds. The van der Waals surface area contributed by atoms with Crippen LogP contribution in [-0.2, 0) is 0 Å². The van der Waals surface area contributed by atoms with Crippen molar-refractivity contribution < 1.29 is 9.59 Å². The number of carbonyl (C=O) groups excluding carboxylic acids is 2. The van der Waals surface area contributed by atoms with Gasteiger partial charge in [-0.3, -0.25) is 19.4 Å². The fourth-order valence-corrected chi connectivity index (χ4v) is 2.31. The second-order valence-electron chi connectivity index (χ2n) is 5.74. The summed E-state index contributed by atoms with van der Waals surface area (Å²) in [7, 11) is 0. The van der Waals surface area contributed by atoms with Crippen molar-refractivity contribution in [2.75, 3.05) is 52.4 Å². The summed E-state index contributed by atoms with van der Waals surface area (Å²) >= 11 is 0. The molecule has 22 heavy (non-hydrogen) atoms. The Morgan fingerprint density at radius 1 is 0.818 bits per heavy atom. The van der Waals surface area contributed by atoms with Crippen LogP contribution in [-0.4, -0.2) is 74.0 Å². The zero-order valence-corrected chi connectivity index (χ0v) is 12.7. The summed E-state index contributed by atoms with van der Waals surface area (Å²) in [5.41, 5.74) is 0.884. The van der Waals surface area contributed by atoms with Crippen molar-refractivity contribution in [1.82, 2.24) is 20.4 Å². The Kier molecular flexibility index (Phi) is 4.70. The van der Waals surface area contributed by atoms with Gasteiger partial charge in [0.1, 0.15) is 0 Å². The van der Waals surface area contributed by atoms with Gasteiger partial charge in [0.25, 0.3) is 11.8 Å². The summed E-state index contributed by atoms with van der Waals surface area (Å²) in [6.45, 7) is 7.44. The summed E-state index contributed by atoms with van der Waals surface area (Å²) in [5, 5.41) is 5.76. The lowest BCUT2D eigenvalue weighted by molar-refractivity contribution is 0.0918. The molecule has 3 rings (SSSR count). The molecule has 2 heterocycles. The average Bonchev–Trinajstić information content (AvgIpc) is 3.41. The Hall–Kier alpha value is -1.92. The number of carbonyl (C=O) groups is 2. The predicted octanol–water partition coefficient (Wildman–Crippen LogP) is -0.223. The van der Waals surface area contributed by atoms with Gasteiger partial charge in [0, 0.05) is 52.4 Å². The fourth-order valence-electron chi connectivity index (χ4n) is 2.31. The molecule has 0 saturated carbocycles. The van der Waals surface area contributed by atoms with E-state index >= 15 is 0 Å². The quantitative estimate of drug-likeness (QED) is 0.652. The summed E-state index contributed by atoms with van der Waals surface area (Å²) in [6, 6.07) is 6.97. The lowest BCUT2D eigenvalue weighted by Crippen LogP contribution is -2.33. The standard InChI is InChI=1S/C16H22N4O2/c21-15(17-5-7-19-9-10-19)13-3-1-2-4-14(13)16(22)18-6-8-20-11-12-20/h1-4H,5-12H2,(H,17,21)(H,18,22). The van der Waals surface area contributed by atoms with Gasteiger partial charge in [-0.25, -0.2) is 0 Å². The smallest absolute Gasteiger partial charge is 0.252 e. The van der Waals surface area contributed by atoms with Gasteiger partial charge in [-0.2, -0.15) is 0 Å². The van der Waals surface area contributed by atoms with Crippen LogP contribution in [0.2, 0.25) is 0 Å². The Bertz CT molecular complexity index is 504. The minimum absolute atomic E-state index is 0.182. The molecule has 2 aliphatic rings. The molecule has 0 bridgehead atoms. The van der Waals surface area contributed by atoms with Crippen LogP contribution in [0.1, 0.15) is 20.7 Å². The number of nitrogens with one attached hydrogen (secondary N) is 2. The second kappa shape index (κ2) is 6.89. The van der Waals surface area contributed by atoms with Crippen LogP contribution in [0.3, 0.4) is 0 Å². The number of rotatable bonds is 8. The van der Waals surface area contributed by atoms with Crippen LogP contribution in [0.4, 0.5) is 0 Å². The molecule has 2 aliphatic heterocycles. The predicted molar refractivity (Wildman–Crippen MR) is 84.0 cm³/mol. The third kappa shape index (κ3) is 4.29. The zero-order valence-electron chi connectivity index (χ0n) is 12.7. The molecule has 118 valence electrons. The Morgan fingerprint density at radius 2 is 1.23 bits per heavy atom. The van der Waals surface area contributed by atoms with Crippen molar-refractivity contribution in [2.24, 2.45) is 0 Å². The highest BCUT2D eigenvalue weighted by Crippen LogP contribution is 2.09. The van der Waals surface area contributed by atoms with Crippen molar-refractivity contribution >= 4 is 11.8 Å². The average molecular weight is 302 g/mol. The van der Waals surface area contributed by atoms with Gasteiger partial charge in [-0.15, -0.1) is 0 Å². The summed E-state index contributed by atoms with van der Waals surface area (Å²) < 4.78 is 0. The monoisotopic (exact) mass is 302 g/mol. The van der Waals surface area contributed by atoms with Gasteiger partial charge in [-0.05, 0) is 12.1 Å². The van der Waals surface area contributed by atoms with Crippen LogP contribution < -0.4 is 10.6 Å². The first kappa shape index (κ1) is 15.0. The lowest BCUT2D eigenvalue weighted by Gasteiger charge is -2.11. The van der Waals surface area contributed by atoms with Crippen LogP contribution in [0, 0.1) is 0 Å². The molecule has 2 N–H and O–H groups in total. The first-order valence-electron chi connectivity index (χ1n) is 7.84. The zero-order chi connectivity index (χ0) is 15.4. The van der Waals surface area contributed by atoms with E-state index in [1.807, 2.05) is 0 Å². The SMILES string of the molecule is O=C(NCCN1CC1)c1ccccc1C(=O)NCCN1CC1. The lowest BCUT2D eigenvalue weighted by atomic mass is 10.1. The van der Waals surface area contributed by atoms with Gasteiger partial charge in [-0.1, -0.05) is 12.1 Å². The van der Waals surface area contributed by atoms with E-state index in [-0.39, 0.29) is 11.8 Å². The van der Waals surface area contributed by atoms with Crippen molar-refractivity contribution in [2.45, 2.75) is 0 Å². The maximum absolute atomic E-state index is 12.2. The number of hydrogen-bond acceptors (Lipinski definition) is 4. The van der Waals surface area contributed by atoms with Crippen LogP contribution in [0.15, 0.2) is 24.3 Å². The molecule has 2 fully saturated rings. The Morgan fingerprint density at radius 3 is 1.59 bits per heavy atom. The maximum atomic E-state index is 12.2. The van der Waals surface area contributed by atoms with Gasteiger partial charge in [0.2, 0.25) is 0 Å². The number of benzene rings is 1. The largest absolute Gasteiger partial charge is 0.351 e. The van der Waals surface area contributed by atoms with Gasteiger partial charge < -0.3 is 10.6 Å². The molecular formula is C16H22N4O2. The second-order valence-corrected chi connectivity index (χ2v) is 5.74. The first-order chi connectivity index (χ1) is 10.7. The highest BCUT2D eigenvalue weighted by atomic mass is 16.2. The Balaban J connectivity index is 1.54. The maximum Gasteiger partial charge on any atom is 0.252 e. The van der Waals surface area contributed by atoms with Crippen molar-refractivity contribution in [3.63, 3.8) is 0 Å². The molecule has 0 radical (unpaired) electrons. The van der Waals surface area contributed by atoms with Gasteiger partial charge in [0.05, 0.1) is 11.1 Å². The highest BCUT2D eigenvalue weighted by Gasteiger charge is 2.20. The van der Waals surface area contributed by atoms with E-state index in [2.05, 4.69) is 20.4 Å². The summed E-state index contributed by atoms with van der Waals surface area (Å²) in [6.07, 6.45) is 0. The molecule has 0 unspecified atom stereocenters. The van der Waals surface area contributed by atoms with Crippen molar-refractivity contribution in [1.29, 1.82) is 0 Å². The van der Waals surface area contributed by atoms with E-state index in [1.165, 1.54) is 0 Å². The number of nitrogens with zero attached hydrogens (tertiary/aromatic N) is 2. The van der Waals surface area contributed by atoms with Crippen LogP contribution >= 0.6 is 0 Å². The van der Waals surface area contributed by atoms with Crippen LogP contribution in [0.25, 0.3) is 0 Å². The van der Waals surface area contributed by atoms with Gasteiger partial charge >= 0.3 is 0 Å².